The lowest BCUT2D eigenvalue weighted by atomic mass is 9.95. The molecule has 5 rings (SSSR count). The summed E-state index contributed by atoms with van der Waals surface area (Å²) in [4.78, 5) is 33.6. The Morgan fingerprint density at radius 1 is 0.909 bits per heavy atom. The molecule has 1 aliphatic rings. The van der Waals surface area contributed by atoms with Crippen LogP contribution in [0.4, 0.5) is 10.5 Å². The zero-order chi connectivity index (χ0) is 22.6. The number of imide groups is 1. The topological polar surface area (TPSA) is 74.3 Å². The smallest absolute Gasteiger partial charge is 0.312 e. The van der Waals surface area contributed by atoms with Crippen LogP contribution < -0.4 is 10.6 Å². The van der Waals surface area contributed by atoms with Crippen LogP contribution in [-0.2, 0) is 19.5 Å². The Labute approximate surface area is 192 Å². The Kier molecular flexibility index (Phi) is 5.83. The summed E-state index contributed by atoms with van der Waals surface area (Å²) in [6, 6.07) is 25.9. The fraction of sp³-hybridized carbons (Fsp3) is 0.148. The van der Waals surface area contributed by atoms with Crippen molar-refractivity contribution in [2.24, 2.45) is 0 Å². The summed E-state index contributed by atoms with van der Waals surface area (Å²) >= 11 is 0. The largest absolute Gasteiger partial charge is 0.329 e. The Morgan fingerprint density at radius 2 is 1.61 bits per heavy atom. The summed E-state index contributed by atoms with van der Waals surface area (Å²) < 4.78 is 0. The molecular weight excluding hydrogens is 412 g/mol. The summed E-state index contributed by atoms with van der Waals surface area (Å²) in [5.74, 6) is -0.328. The van der Waals surface area contributed by atoms with Crippen LogP contribution in [-0.4, -0.2) is 28.4 Å². The first-order valence-corrected chi connectivity index (χ1v) is 11.0. The Bertz CT molecular complexity index is 1310. The van der Waals surface area contributed by atoms with Gasteiger partial charge in [0.15, 0.2) is 0 Å². The number of pyridine rings is 1. The number of hydrogen-bond acceptors (Lipinski definition) is 4. The van der Waals surface area contributed by atoms with Crippen molar-refractivity contribution in [3.8, 4) is 0 Å². The maximum absolute atomic E-state index is 14.1. The third-order valence-electron chi connectivity index (χ3n) is 5.83. The highest BCUT2D eigenvalue weighted by atomic mass is 16.2. The van der Waals surface area contributed by atoms with Crippen LogP contribution in [0.1, 0.15) is 27.2 Å². The number of nitrogens with zero attached hydrogens (tertiary/aromatic N) is 2. The van der Waals surface area contributed by atoms with Crippen molar-refractivity contribution in [1.82, 2.24) is 15.2 Å². The molecule has 6 heteroatoms. The molecule has 0 spiro atoms. The van der Waals surface area contributed by atoms with Gasteiger partial charge in [-0.2, -0.15) is 0 Å². The number of fused-ring (bicyclic) bond motifs is 2. The number of para-hydroxylation sites is 2. The van der Waals surface area contributed by atoms with Gasteiger partial charge in [-0.15, -0.1) is 0 Å². The highest BCUT2D eigenvalue weighted by molar-refractivity contribution is 6.14. The molecule has 0 saturated heterocycles. The second kappa shape index (κ2) is 9.22. The first kappa shape index (κ1) is 20.8. The molecule has 0 aliphatic carbocycles. The van der Waals surface area contributed by atoms with Crippen molar-refractivity contribution in [3.63, 3.8) is 0 Å². The van der Waals surface area contributed by atoms with Crippen LogP contribution in [0.3, 0.4) is 0 Å². The molecule has 6 nitrogen and oxygen atoms in total. The number of anilines is 1. The van der Waals surface area contributed by atoms with Gasteiger partial charge >= 0.3 is 6.03 Å². The van der Waals surface area contributed by atoms with Crippen LogP contribution in [0.25, 0.3) is 10.9 Å². The molecule has 2 N–H and O–H groups in total. The first-order valence-electron chi connectivity index (χ1n) is 11.0. The summed E-state index contributed by atoms with van der Waals surface area (Å²) in [7, 11) is 0. The van der Waals surface area contributed by atoms with E-state index >= 15 is 0 Å². The second-order valence-electron chi connectivity index (χ2n) is 8.03. The maximum atomic E-state index is 14.1. The highest BCUT2D eigenvalue weighted by Crippen LogP contribution is 2.28. The van der Waals surface area contributed by atoms with Crippen molar-refractivity contribution < 1.29 is 9.59 Å². The van der Waals surface area contributed by atoms with Gasteiger partial charge in [-0.3, -0.25) is 14.7 Å². The molecule has 3 amide bonds. The van der Waals surface area contributed by atoms with Crippen LogP contribution >= 0.6 is 0 Å². The van der Waals surface area contributed by atoms with Crippen molar-refractivity contribution in [1.29, 1.82) is 0 Å². The van der Waals surface area contributed by atoms with Gasteiger partial charge in [0, 0.05) is 41.8 Å². The normalized spacial score (nSPS) is 12.7. The zero-order valence-electron chi connectivity index (χ0n) is 18.1. The van der Waals surface area contributed by atoms with E-state index in [2.05, 4.69) is 10.6 Å². The van der Waals surface area contributed by atoms with Crippen molar-refractivity contribution in [3.05, 3.63) is 107 Å². The van der Waals surface area contributed by atoms with E-state index in [0.29, 0.717) is 17.8 Å². The minimum Gasteiger partial charge on any atom is -0.312 e. The van der Waals surface area contributed by atoms with E-state index in [-0.39, 0.29) is 12.5 Å². The third kappa shape index (κ3) is 4.33. The lowest BCUT2D eigenvalue weighted by Crippen LogP contribution is -2.41. The van der Waals surface area contributed by atoms with E-state index in [1.807, 2.05) is 72.8 Å². The summed E-state index contributed by atoms with van der Waals surface area (Å²) in [5, 5.41) is 6.98. The van der Waals surface area contributed by atoms with Gasteiger partial charge in [0.2, 0.25) is 0 Å². The number of hydrogen-bond donors (Lipinski definition) is 2. The lowest BCUT2D eigenvalue weighted by Gasteiger charge is -2.26. The Hall–Kier alpha value is -4.03. The molecular formula is C27H24N4O2. The van der Waals surface area contributed by atoms with Gasteiger partial charge in [-0.1, -0.05) is 66.7 Å². The number of aromatic nitrogens is 1. The second-order valence-corrected chi connectivity index (χ2v) is 8.03. The van der Waals surface area contributed by atoms with E-state index in [9.17, 15) is 9.59 Å². The number of urea groups is 1. The molecule has 33 heavy (non-hydrogen) atoms. The molecule has 3 aromatic carbocycles. The lowest BCUT2D eigenvalue weighted by molar-refractivity contribution is 0.0803. The predicted octanol–water partition coefficient (Wildman–Crippen LogP) is 4.76. The molecule has 0 bridgehead atoms. The minimum atomic E-state index is -0.464. The average Bonchev–Trinajstić information content (AvgIpc) is 2.86. The van der Waals surface area contributed by atoms with Gasteiger partial charge < -0.3 is 10.6 Å². The minimum absolute atomic E-state index is 0.164. The molecule has 1 aliphatic heterocycles. The summed E-state index contributed by atoms with van der Waals surface area (Å²) in [5.41, 5.74) is 4.61. The number of nitrogens with one attached hydrogen (secondary N) is 2. The molecule has 4 aromatic rings. The molecule has 1 aromatic heterocycles. The van der Waals surface area contributed by atoms with Crippen LogP contribution in [0.15, 0.2) is 84.9 Å². The van der Waals surface area contributed by atoms with Gasteiger partial charge in [-0.25, -0.2) is 4.79 Å². The molecule has 0 unspecified atom stereocenters. The zero-order valence-corrected chi connectivity index (χ0v) is 18.1. The quantitative estimate of drug-likeness (QED) is 0.484. The van der Waals surface area contributed by atoms with Crippen molar-refractivity contribution in [2.45, 2.75) is 19.5 Å². The maximum Gasteiger partial charge on any atom is 0.329 e. The van der Waals surface area contributed by atoms with Crippen LogP contribution in [0.5, 0.6) is 0 Å². The third-order valence-corrected chi connectivity index (χ3v) is 5.83. The molecule has 0 saturated carbocycles. The Balaban J connectivity index is 1.60. The number of carbonyl (C=O) groups is 2. The van der Waals surface area contributed by atoms with Crippen LogP contribution in [0.2, 0.25) is 0 Å². The monoisotopic (exact) mass is 436 g/mol. The molecule has 0 fully saturated rings. The first-order chi connectivity index (χ1) is 16.2. The predicted molar refractivity (Wildman–Crippen MR) is 129 cm³/mol. The molecule has 2 heterocycles. The fourth-order valence-corrected chi connectivity index (χ4v) is 4.21. The van der Waals surface area contributed by atoms with E-state index in [1.165, 1.54) is 4.90 Å². The SMILES string of the molecule is O=C(Nc1ccccc1)N(Cc1ccccc1)C(=O)c1c2c(nc3ccccc13)CCNC2. The standard InChI is InChI=1S/C27H24N4O2/c32-26(25-21-13-7-8-14-23(21)30-24-15-16-28-17-22(24)25)31(18-19-9-3-1-4-10-19)27(33)29-20-11-5-2-6-12-20/h1-14,28H,15-18H2,(H,29,33). The van der Waals surface area contributed by atoms with Crippen molar-refractivity contribution >= 4 is 28.5 Å². The molecule has 0 atom stereocenters. The highest BCUT2D eigenvalue weighted by Gasteiger charge is 2.29. The van der Waals surface area contributed by atoms with E-state index in [4.69, 9.17) is 4.98 Å². The van der Waals surface area contributed by atoms with Gasteiger partial charge in [-0.05, 0) is 23.8 Å². The van der Waals surface area contributed by atoms with Gasteiger partial charge in [0.05, 0.1) is 17.6 Å². The summed E-state index contributed by atoms with van der Waals surface area (Å²) in [6.45, 7) is 1.53. The number of carbonyl (C=O) groups excluding carboxylic acids is 2. The van der Waals surface area contributed by atoms with E-state index in [0.717, 1.165) is 40.7 Å². The number of rotatable bonds is 4. The van der Waals surface area contributed by atoms with Gasteiger partial charge in [0.1, 0.15) is 0 Å². The number of amides is 3. The van der Waals surface area contributed by atoms with Crippen LogP contribution in [0, 0.1) is 0 Å². The van der Waals surface area contributed by atoms with E-state index in [1.54, 1.807) is 12.1 Å². The molecule has 0 radical (unpaired) electrons. The Morgan fingerprint density at radius 3 is 2.39 bits per heavy atom. The summed E-state index contributed by atoms with van der Waals surface area (Å²) in [6.07, 6.45) is 0.745. The molecule has 164 valence electrons. The van der Waals surface area contributed by atoms with Gasteiger partial charge in [0.25, 0.3) is 5.91 Å². The fourth-order valence-electron chi connectivity index (χ4n) is 4.21. The number of benzene rings is 3. The average molecular weight is 437 g/mol. The van der Waals surface area contributed by atoms with Crippen molar-refractivity contribution in [2.75, 3.05) is 11.9 Å². The van der Waals surface area contributed by atoms with E-state index < -0.39 is 6.03 Å².